The lowest BCUT2D eigenvalue weighted by Crippen LogP contribution is -2.48. The topological polar surface area (TPSA) is 83.9 Å². The van der Waals surface area contributed by atoms with E-state index in [0.29, 0.717) is 13.0 Å². The fraction of sp³-hybridized carbons (Fsp3) is 0.875. The fourth-order valence-electron chi connectivity index (χ4n) is 1.78. The van der Waals surface area contributed by atoms with Gasteiger partial charge in [0.15, 0.2) is 0 Å². The van der Waals surface area contributed by atoms with Gasteiger partial charge in [0.1, 0.15) is 6.10 Å². The van der Waals surface area contributed by atoms with Crippen molar-refractivity contribution in [2.75, 3.05) is 12.8 Å². The van der Waals surface area contributed by atoms with Crippen LogP contribution in [0.1, 0.15) is 20.3 Å². The molecule has 7 heteroatoms. The normalized spacial score (nSPS) is 25.5. The number of hydrogen-bond acceptors (Lipinski definition) is 4. The van der Waals surface area contributed by atoms with E-state index in [1.807, 2.05) is 0 Å². The summed E-state index contributed by atoms with van der Waals surface area (Å²) in [7, 11) is -3.55. The molecule has 1 fully saturated rings. The Balaban J connectivity index is 2.84. The Bertz CT molecular complexity index is 361. The highest BCUT2D eigenvalue weighted by Crippen LogP contribution is 2.32. The number of carbonyl (C=O) groups is 1. The van der Waals surface area contributed by atoms with Crippen LogP contribution in [-0.2, 0) is 14.3 Å². The van der Waals surface area contributed by atoms with Crippen LogP contribution in [0.5, 0.6) is 0 Å². The third kappa shape index (κ3) is 2.60. The molecule has 0 aromatic carbocycles. The first kappa shape index (κ1) is 12.3. The summed E-state index contributed by atoms with van der Waals surface area (Å²) in [4.78, 5) is 12.0. The average molecular weight is 237 g/mol. The molecule has 0 saturated carbocycles. The van der Waals surface area contributed by atoms with Crippen molar-refractivity contribution in [3.63, 3.8) is 0 Å². The minimum atomic E-state index is -3.55. The van der Waals surface area contributed by atoms with Crippen molar-refractivity contribution in [2.24, 2.45) is 0 Å². The average Bonchev–Trinajstić information content (AvgIpc) is 2.24. The maximum atomic E-state index is 11.0. The van der Waals surface area contributed by atoms with Crippen molar-refractivity contribution in [2.45, 2.75) is 31.9 Å². The Morgan fingerprint density at radius 3 is 2.40 bits per heavy atom. The quantitative estimate of drug-likeness (QED) is 0.707. The van der Waals surface area contributed by atoms with Gasteiger partial charge in [-0.1, -0.05) is 0 Å². The molecule has 1 N–H and O–H groups in total. The van der Waals surface area contributed by atoms with Crippen LogP contribution < -0.4 is 0 Å². The second-order valence-electron chi connectivity index (χ2n) is 4.17. The van der Waals surface area contributed by atoms with Gasteiger partial charge in [0, 0.05) is 6.54 Å². The number of amides is 1. The van der Waals surface area contributed by atoms with Crippen molar-refractivity contribution in [3.8, 4) is 0 Å². The molecule has 0 radical (unpaired) electrons. The predicted molar refractivity (Wildman–Crippen MR) is 53.1 cm³/mol. The minimum Gasteiger partial charge on any atom is -0.465 e. The first-order valence-corrected chi connectivity index (χ1v) is 6.35. The first-order valence-electron chi connectivity index (χ1n) is 4.53. The standard InChI is InChI=1S/C8H15NO5S/c1-8(2)6(14-15(3,12)13)4-5-9(8)7(10)11/h6H,4-5H2,1-3H3,(H,10,11). The van der Waals surface area contributed by atoms with Crippen LogP contribution in [0.4, 0.5) is 4.79 Å². The van der Waals surface area contributed by atoms with E-state index < -0.39 is 27.9 Å². The summed E-state index contributed by atoms with van der Waals surface area (Å²) in [6.45, 7) is 3.61. The Labute approximate surface area is 89.0 Å². The van der Waals surface area contributed by atoms with Gasteiger partial charge in [0.05, 0.1) is 11.8 Å². The van der Waals surface area contributed by atoms with Gasteiger partial charge in [0.2, 0.25) is 0 Å². The highest BCUT2D eigenvalue weighted by atomic mass is 32.2. The molecule has 15 heavy (non-hydrogen) atoms. The third-order valence-electron chi connectivity index (χ3n) is 2.62. The predicted octanol–water partition coefficient (Wildman–Crippen LogP) is 0.494. The van der Waals surface area contributed by atoms with Gasteiger partial charge >= 0.3 is 6.09 Å². The Morgan fingerprint density at radius 2 is 2.07 bits per heavy atom. The summed E-state index contributed by atoms with van der Waals surface area (Å²) in [6.07, 6.45) is -0.304. The Kier molecular flexibility index (Phi) is 2.97. The molecular formula is C8H15NO5S. The van der Waals surface area contributed by atoms with E-state index in [9.17, 15) is 13.2 Å². The molecule has 0 spiro atoms. The van der Waals surface area contributed by atoms with Crippen LogP contribution in [0.2, 0.25) is 0 Å². The largest absolute Gasteiger partial charge is 0.465 e. The van der Waals surface area contributed by atoms with E-state index in [1.165, 1.54) is 4.90 Å². The molecule has 1 saturated heterocycles. The van der Waals surface area contributed by atoms with Crippen LogP contribution >= 0.6 is 0 Å². The summed E-state index contributed by atoms with van der Waals surface area (Å²) < 4.78 is 26.8. The lowest BCUT2D eigenvalue weighted by atomic mass is 9.99. The Morgan fingerprint density at radius 1 is 1.53 bits per heavy atom. The van der Waals surface area contributed by atoms with Gasteiger partial charge in [-0.3, -0.25) is 4.18 Å². The van der Waals surface area contributed by atoms with Crippen LogP contribution in [0.25, 0.3) is 0 Å². The van der Waals surface area contributed by atoms with Crippen molar-refractivity contribution in [1.29, 1.82) is 0 Å². The third-order valence-corrected chi connectivity index (χ3v) is 3.20. The van der Waals surface area contributed by atoms with Crippen LogP contribution in [0, 0.1) is 0 Å². The zero-order valence-corrected chi connectivity index (χ0v) is 9.74. The van der Waals surface area contributed by atoms with Gasteiger partial charge in [0.25, 0.3) is 10.1 Å². The molecule has 1 heterocycles. The number of rotatable bonds is 2. The molecule has 88 valence electrons. The number of nitrogens with zero attached hydrogens (tertiary/aromatic N) is 1. The summed E-state index contributed by atoms with van der Waals surface area (Å²) >= 11 is 0. The maximum Gasteiger partial charge on any atom is 0.407 e. The molecule has 6 nitrogen and oxygen atoms in total. The van der Waals surface area contributed by atoms with Crippen LogP contribution in [0.3, 0.4) is 0 Å². The second-order valence-corrected chi connectivity index (χ2v) is 5.77. The highest BCUT2D eigenvalue weighted by Gasteiger charge is 2.46. The van der Waals surface area contributed by atoms with Crippen LogP contribution in [0.15, 0.2) is 0 Å². The van der Waals surface area contributed by atoms with E-state index >= 15 is 0 Å². The number of hydrogen-bond donors (Lipinski definition) is 1. The fourth-order valence-corrected chi connectivity index (χ4v) is 2.53. The molecule has 1 aliphatic heterocycles. The summed E-state index contributed by atoms with van der Waals surface area (Å²) in [5.41, 5.74) is -0.811. The van der Waals surface area contributed by atoms with Gasteiger partial charge in [-0.15, -0.1) is 0 Å². The summed E-state index contributed by atoms with van der Waals surface area (Å²) in [6, 6.07) is 0. The van der Waals surface area contributed by atoms with Crippen molar-refractivity contribution < 1.29 is 22.5 Å². The van der Waals surface area contributed by atoms with Gasteiger partial charge in [-0.2, -0.15) is 8.42 Å². The van der Waals surface area contributed by atoms with Crippen LogP contribution in [-0.4, -0.2) is 49.0 Å². The molecule has 1 unspecified atom stereocenters. The molecule has 0 bridgehead atoms. The second kappa shape index (κ2) is 3.64. The molecule has 1 amide bonds. The molecule has 0 aromatic rings. The van der Waals surface area contributed by atoms with E-state index in [2.05, 4.69) is 0 Å². The smallest absolute Gasteiger partial charge is 0.407 e. The minimum absolute atomic E-state index is 0.294. The molecule has 1 aliphatic rings. The highest BCUT2D eigenvalue weighted by molar-refractivity contribution is 7.86. The Hall–Kier alpha value is -0.820. The molecular weight excluding hydrogens is 222 g/mol. The van der Waals surface area contributed by atoms with E-state index in [1.54, 1.807) is 13.8 Å². The number of likely N-dealkylation sites (tertiary alicyclic amines) is 1. The number of carboxylic acid groups (broad SMARTS) is 1. The van der Waals surface area contributed by atoms with Gasteiger partial charge in [-0.25, -0.2) is 4.79 Å². The van der Waals surface area contributed by atoms with E-state index in [0.717, 1.165) is 6.26 Å². The molecule has 0 aliphatic carbocycles. The van der Waals surface area contributed by atoms with Crippen molar-refractivity contribution in [1.82, 2.24) is 4.90 Å². The zero-order valence-electron chi connectivity index (χ0n) is 8.93. The molecule has 0 aromatic heterocycles. The summed E-state index contributed by atoms with van der Waals surface area (Å²) in [5, 5.41) is 8.89. The van der Waals surface area contributed by atoms with Crippen molar-refractivity contribution in [3.05, 3.63) is 0 Å². The van der Waals surface area contributed by atoms with E-state index in [4.69, 9.17) is 9.29 Å². The molecule has 1 atom stereocenters. The monoisotopic (exact) mass is 237 g/mol. The summed E-state index contributed by atoms with van der Waals surface area (Å²) in [5.74, 6) is 0. The van der Waals surface area contributed by atoms with Crippen molar-refractivity contribution >= 4 is 16.2 Å². The van der Waals surface area contributed by atoms with E-state index in [-0.39, 0.29) is 0 Å². The lowest BCUT2D eigenvalue weighted by molar-refractivity contribution is 0.0695. The SMILES string of the molecule is CC1(C)C(OS(C)(=O)=O)CCN1C(=O)O. The first-order chi connectivity index (χ1) is 6.64. The van der Waals surface area contributed by atoms with Gasteiger partial charge in [-0.05, 0) is 20.3 Å². The lowest BCUT2D eigenvalue weighted by Gasteiger charge is -2.32. The van der Waals surface area contributed by atoms with Gasteiger partial charge < -0.3 is 10.0 Å². The zero-order chi connectivity index (χ0) is 11.9. The molecule has 1 rings (SSSR count). The maximum absolute atomic E-state index is 11.0.